The first kappa shape index (κ1) is 24.7. The van der Waals surface area contributed by atoms with Gasteiger partial charge in [0.1, 0.15) is 5.75 Å². The van der Waals surface area contributed by atoms with Crippen molar-refractivity contribution in [3.8, 4) is 5.75 Å². The van der Waals surface area contributed by atoms with Crippen LogP contribution in [0.2, 0.25) is 0 Å². The van der Waals surface area contributed by atoms with E-state index in [0.717, 1.165) is 9.98 Å². The number of hydrogen-bond donors (Lipinski definition) is 1. The highest BCUT2D eigenvalue weighted by molar-refractivity contribution is 7.92. The van der Waals surface area contributed by atoms with Crippen LogP contribution in [0, 0.1) is 6.92 Å². The average molecular weight is 514 g/mol. The van der Waals surface area contributed by atoms with Crippen LogP contribution in [0.5, 0.6) is 5.75 Å². The number of hydrazone groups is 1. The summed E-state index contributed by atoms with van der Waals surface area (Å²) in [5.74, 6) is 0.609. The standard InChI is InChI=1S/C25H27N3O5S2/c1-4-34(29,30)27-21-10-7-9-20(16-21)23-17-24(19-12-14-22(33-3)15-13-19)28(26-23)35(31,32)25-11-6-5-8-18(25)2/h5-16,24,27H,4,17H2,1-3H3. The summed E-state index contributed by atoms with van der Waals surface area (Å²) >= 11 is 0. The summed E-state index contributed by atoms with van der Waals surface area (Å²) in [7, 11) is -5.85. The summed E-state index contributed by atoms with van der Waals surface area (Å²) in [6.45, 7) is 3.31. The predicted molar refractivity (Wildman–Crippen MR) is 137 cm³/mol. The van der Waals surface area contributed by atoms with Gasteiger partial charge >= 0.3 is 0 Å². The number of hydrogen-bond acceptors (Lipinski definition) is 6. The predicted octanol–water partition coefficient (Wildman–Crippen LogP) is 4.31. The van der Waals surface area contributed by atoms with Gasteiger partial charge in [0.2, 0.25) is 10.0 Å². The zero-order chi connectivity index (χ0) is 25.2. The summed E-state index contributed by atoms with van der Waals surface area (Å²) in [4.78, 5) is 0.188. The number of sulfonamides is 2. The van der Waals surface area contributed by atoms with E-state index >= 15 is 0 Å². The van der Waals surface area contributed by atoms with Gasteiger partial charge in [-0.05, 0) is 60.9 Å². The third-order valence-corrected chi connectivity index (χ3v) is 8.99. The first-order chi connectivity index (χ1) is 16.6. The first-order valence-electron chi connectivity index (χ1n) is 11.1. The highest BCUT2D eigenvalue weighted by Gasteiger charge is 2.38. The van der Waals surface area contributed by atoms with Crippen LogP contribution in [0.15, 0.2) is 82.8 Å². The molecule has 184 valence electrons. The summed E-state index contributed by atoms with van der Waals surface area (Å²) < 4.78 is 60.5. The van der Waals surface area contributed by atoms with E-state index in [9.17, 15) is 16.8 Å². The van der Waals surface area contributed by atoms with Gasteiger partial charge in [0.25, 0.3) is 10.0 Å². The lowest BCUT2D eigenvalue weighted by Gasteiger charge is -2.24. The van der Waals surface area contributed by atoms with Crippen LogP contribution in [-0.2, 0) is 20.0 Å². The van der Waals surface area contributed by atoms with Crippen molar-refractivity contribution in [1.29, 1.82) is 0 Å². The maximum absolute atomic E-state index is 13.7. The van der Waals surface area contributed by atoms with Crippen molar-refractivity contribution in [3.63, 3.8) is 0 Å². The van der Waals surface area contributed by atoms with Gasteiger partial charge in [0.15, 0.2) is 0 Å². The number of aryl methyl sites for hydroxylation is 1. The molecular formula is C25H27N3O5S2. The SMILES string of the molecule is CCS(=O)(=O)Nc1cccc(C2=NN(S(=O)(=O)c3ccccc3C)C(c3ccc(OC)cc3)C2)c1. The molecule has 10 heteroatoms. The Morgan fingerprint density at radius 1 is 1.00 bits per heavy atom. The highest BCUT2D eigenvalue weighted by atomic mass is 32.2. The van der Waals surface area contributed by atoms with Gasteiger partial charge in [0.05, 0.1) is 29.5 Å². The molecule has 1 atom stereocenters. The van der Waals surface area contributed by atoms with Crippen molar-refractivity contribution in [2.75, 3.05) is 17.6 Å². The number of ether oxygens (including phenoxy) is 1. The van der Waals surface area contributed by atoms with E-state index in [2.05, 4.69) is 9.82 Å². The van der Waals surface area contributed by atoms with Crippen molar-refractivity contribution >= 4 is 31.4 Å². The molecule has 3 aromatic carbocycles. The Balaban J connectivity index is 1.78. The molecule has 1 aliphatic rings. The molecule has 4 rings (SSSR count). The van der Waals surface area contributed by atoms with E-state index in [1.54, 1.807) is 81.6 Å². The molecule has 0 aliphatic carbocycles. The van der Waals surface area contributed by atoms with Gasteiger partial charge in [-0.1, -0.05) is 42.5 Å². The molecule has 35 heavy (non-hydrogen) atoms. The lowest BCUT2D eigenvalue weighted by molar-refractivity contribution is 0.370. The molecule has 1 heterocycles. The number of methoxy groups -OCH3 is 1. The van der Waals surface area contributed by atoms with E-state index in [-0.39, 0.29) is 10.6 Å². The van der Waals surface area contributed by atoms with Crippen LogP contribution in [0.1, 0.15) is 36.1 Å². The minimum Gasteiger partial charge on any atom is -0.497 e. The fraction of sp³-hybridized carbons (Fsp3) is 0.240. The number of nitrogens with zero attached hydrogens (tertiary/aromatic N) is 2. The quantitative estimate of drug-likeness (QED) is 0.483. The van der Waals surface area contributed by atoms with Gasteiger partial charge in [-0.15, -0.1) is 0 Å². The molecule has 0 saturated carbocycles. The molecule has 0 fully saturated rings. The van der Waals surface area contributed by atoms with E-state index in [1.807, 2.05) is 12.1 Å². The largest absolute Gasteiger partial charge is 0.497 e. The van der Waals surface area contributed by atoms with Crippen LogP contribution in [-0.4, -0.2) is 39.8 Å². The summed E-state index contributed by atoms with van der Waals surface area (Å²) in [5, 5.41) is 4.56. The molecular weight excluding hydrogens is 486 g/mol. The van der Waals surface area contributed by atoms with E-state index in [4.69, 9.17) is 4.74 Å². The van der Waals surface area contributed by atoms with Crippen molar-refractivity contribution in [2.45, 2.75) is 31.2 Å². The fourth-order valence-corrected chi connectivity index (χ4v) is 6.21. The van der Waals surface area contributed by atoms with Crippen molar-refractivity contribution in [3.05, 3.63) is 89.5 Å². The van der Waals surface area contributed by atoms with Crippen LogP contribution in [0.4, 0.5) is 5.69 Å². The Morgan fingerprint density at radius 2 is 1.71 bits per heavy atom. The van der Waals surface area contributed by atoms with E-state index < -0.39 is 26.1 Å². The molecule has 0 spiro atoms. The minimum absolute atomic E-state index is 0.0554. The molecule has 1 aliphatic heterocycles. The Labute approximate surface area is 206 Å². The van der Waals surface area contributed by atoms with Crippen LogP contribution in [0.3, 0.4) is 0 Å². The Morgan fingerprint density at radius 3 is 2.37 bits per heavy atom. The smallest absolute Gasteiger partial charge is 0.279 e. The second-order valence-corrected chi connectivity index (χ2v) is 11.9. The van der Waals surface area contributed by atoms with Crippen LogP contribution < -0.4 is 9.46 Å². The van der Waals surface area contributed by atoms with Crippen molar-refractivity contribution < 1.29 is 21.6 Å². The van der Waals surface area contributed by atoms with E-state index in [1.165, 1.54) is 0 Å². The normalized spacial score (nSPS) is 16.1. The number of benzene rings is 3. The van der Waals surface area contributed by atoms with Gasteiger partial charge in [-0.2, -0.15) is 17.9 Å². The molecule has 0 saturated heterocycles. The Hall–Kier alpha value is -3.37. The lowest BCUT2D eigenvalue weighted by Crippen LogP contribution is -2.27. The highest BCUT2D eigenvalue weighted by Crippen LogP contribution is 2.38. The summed E-state index contributed by atoms with van der Waals surface area (Å²) in [6, 6.07) is 20.3. The molecule has 1 N–H and O–H groups in total. The van der Waals surface area contributed by atoms with Crippen LogP contribution in [0.25, 0.3) is 0 Å². The summed E-state index contributed by atoms with van der Waals surface area (Å²) in [5.41, 5.74) is 2.97. The first-order valence-corrected chi connectivity index (χ1v) is 14.2. The van der Waals surface area contributed by atoms with Gasteiger partial charge in [-0.25, -0.2) is 8.42 Å². The second kappa shape index (κ2) is 9.71. The zero-order valence-corrected chi connectivity index (χ0v) is 21.3. The number of anilines is 1. The molecule has 3 aromatic rings. The minimum atomic E-state index is -3.96. The van der Waals surface area contributed by atoms with Crippen LogP contribution >= 0.6 is 0 Å². The molecule has 0 aromatic heterocycles. The Bertz CT molecular complexity index is 1470. The lowest BCUT2D eigenvalue weighted by atomic mass is 9.99. The molecule has 0 bridgehead atoms. The third kappa shape index (κ3) is 5.18. The second-order valence-electron chi connectivity index (χ2n) is 8.17. The molecule has 0 radical (unpaired) electrons. The zero-order valence-electron chi connectivity index (χ0n) is 19.7. The average Bonchev–Trinajstić information content (AvgIpc) is 3.31. The van der Waals surface area contributed by atoms with Crippen molar-refractivity contribution in [2.24, 2.45) is 5.10 Å². The number of rotatable bonds is 8. The maximum atomic E-state index is 13.7. The molecule has 0 amide bonds. The third-order valence-electron chi connectivity index (χ3n) is 5.84. The van der Waals surface area contributed by atoms with Gasteiger partial charge < -0.3 is 4.74 Å². The molecule has 8 nitrogen and oxygen atoms in total. The van der Waals surface area contributed by atoms with Gasteiger partial charge in [-0.3, -0.25) is 4.72 Å². The Kier molecular flexibility index (Phi) is 6.86. The fourth-order valence-electron chi connectivity index (χ4n) is 3.92. The monoisotopic (exact) mass is 513 g/mol. The topological polar surface area (TPSA) is 105 Å². The van der Waals surface area contributed by atoms with E-state index in [0.29, 0.717) is 34.7 Å². The molecule has 1 unspecified atom stereocenters. The van der Waals surface area contributed by atoms with Crippen molar-refractivity contribution in [1.82, 2.24) is 4.41 Å². The maximum Gasteiger partial charge on any atom is 0.279 e. The summed E-state index contributed by atoms with van der Waals surface area (Å²) in [6.07, 6.45) is 0.321. The number of nitrogens with one attached hydrogen (secondary N) is 1. The van der Waals surface area contributed by atoms with Gasteiger partial charge in [0, 0.05) is 12.1 Å².